The van der Waals surface area contributed by atoms with Crippen LogP contribution < -0.4 is 9.47 Å². The zero-order chi connectivity index (χ0) is 12.3. The first-order valence-corrected chi connectivity index (χ1v) is 5.37. The zero-order valence-electron chi connectivity index (χ0n) is 9.56. The van der Waals surface area contributed by atoms with Crippen molar-refractivity contribution in [1.29, 1.82) is 0 Å². The number of carboxylic acids is 1. The summed E-state index contributed by atoms with van der Waals surface area (Å²) in [6.45, 7) is 1.34. The van der Waals surface area contributed by atoms with Gasteiger partial charge in [0, 0.05) is 13.5 Å². The summed E-state index contributed by atoms with van der Waals surface area (Å²) in [6.07, 6.45) is 0.743. The molecule has 1 aromatic rings. The lowest BCUT2D eigenvalue weighted by molar-refractivity contribution is 0.0691. The Morgan fingerprint density at radius 2 is 2.18 bits per heavy atom. The van der Waals surface area contributed by atoms with Crippen molar-refractivity contribution in [3.8, 4) is 11.5 Å². The Bertz CT molecular complexity index is 427. The van der Waals surface area contributed by atoms with Crippen LogP contribution >= 0.6 is 0 Å². The number of methoxy groups -OCH3 is 1. The van der Waals surface area contributed by atoms with Crippen LogP contribution in [0.3, 0.4) is 0 Å². The summed E-state index contributed by atoms with van der Waals surface area (Å²) in [6, 6.07) is 3.32. The summed E-state index contributed by atoms with van der Waals surface area (Å²) in [5.41, 5.74) is 0.880. The van der Waals surface area contributed by atoms with Gasteiger partial charge in [0.25, 0.3) is 0 Å². The third kappa shape index (κ3) is 2.50. The number of benzene rings is 1. The third-order valence-electron chi connectivity index (χ3n) is 2.45. The largest absolute Gasteiger partial charge is 0.490 e. The predicted molar refractivity (Wildman–Crippen MR) is 59.7 cm³/mol. The SMILES string of the molecule is COCc1cc2c(c(C(=O)O)c1)OCCCO2. The average Bonchev–Trinajstić information content (AvgIpc) is 2.53. The van der Waals surface area contributed by atoms with Gasteiger partial charge in [-0.2, -0.15) is 0 Å². The minimum atomic E-state index is -1.02. The first-order chi connectivity index (χ1) is 8.22. The predicted octanol–water partition coefficient (Wildman–Crippen LogP) is 1.69. The molecule has 0 aliphatic carbocycles. The summed E-state index contributed by atoms with van der Waals surface area (Å²) in [7, 11) is 1.56. The van der Waals surface area contributed by atoms with E-state index in [4.69, 9.17) is 19.3 Å². The van der Waals surface area contributed by atoms with E-state index in [0.29, 0.717) is 31.3 Å². The van der Waals surface area contributed by atoms with Crippen LogP contribution in [0.25, 0.3) is 0 Å². The number of aromatic carboxylic acids is 1. The molecular formula is C12H14O5. The van der Waals surface area contributed by atoms with Crippen molar-refractivity contribution >= 4 is 5.97 Å². The van der Waals surface area contributed by atoms with Crippen molar-refractivity contribution in [3.05, 3.63) is 23.3 Å². The van der Waals surface area contributed by atoms with Gasteiger partial charge in [-0.05, 0) is 17.7 Å². The molecule has 1 N–H and O–H groups in total. The molecule has 1 aromatic carbocycles. The first kappa shape index (κ1) is 11.7. The van der Waals surface area contributed by atoms with Crippen molar-refractivity contribution < 1.29 is 24.1 Å². The highest BCUT2D eigenvalue weighted by Gasteiger charge is 2.20. The molecule has 0 saturated heterocycles. The highest BCUT2D eigenvalue weighted by atomic mass is 16.5. The number of rotatable bonds is 3. The minimum Gasteiger partial charge on any atom is -0.490 e. The average molecular weight is 238 g/mol. The molecule has 0 aromatic heterocycles. The lowest BCUT2D eigenvalue weighted by atomic mass is 10.1. The molecule has 0 saturated carbocycles. The minimum absolute atomic E-state index is 0.122. The lowest BCUT2D eigenvalue weighted by Crippen LogP contribution is -2.05. The summed E-state index contributed by atoms with van der Waals surface area (Å²) in [5, 5.41) is 9.15. The number of carbonyl (C=O) groups is 1. The molecule has 92 valence electrons. The second-order valence-electron chi connectivity index (χ2n) is 3.76. The molecule has 0 unspecified atom stereocenters. The van der Waals surface area contributed by atoms with Gasteiger partial charge >= 0.3 is 5.97 Å². The van der Waals surface area contributed by atoms with Gasteiger partial charge in [-0.3, -0.25) is 0 Å². The van der Waals surface area contributed by atoms with Gasteiger partial charge in [0.2, 0.25) is 0 Å². The normalized spacial score (nSPS) is 14.2. The zero-order valence-corrected chi connectivity index (χ0v) is 9.56. The van der Waals surface area contributed by atoms with Crippen LogP contribution in [0, 0.1) is 0 Å². The number of fused-ring (bicyclic) bond motifs is 1. The van der Waals surface area contributed by atoms with E-state index in [1.165, 1.54) is 0 Å². The first-order valence-electron chi connectivity index (χ1n) is 5.37. The van der Waals surface area contributed by atoms with E-state index < -0.39 is 5.97 Å². The Balaban J connectivity index is 2.47. The monoisotopic (exact) mass is 238 g/mol. The van der Waals surface area contributed by atoms with E-state index in [1.807, 2.05) is 0 Å². The molecule has 1 heterocycles. The van der Waals surface area contributed by atoms with Gasteiger partial charge in [-0.1, -0.05) is 0 Å². The molecule has 0 radical (unpaired) electrons. The van der Waals surface area contributed by atoms with Crippen molar-refractivity contribution in [1.82, 2.24) is 0 Å². The van der Waals surface area contributed by atoms with Gasteiger partial charge in [-0.25, -0.2) is 4.79 Å². The molecule has 5 heteroatoms. The molecule has 17 heavy (non-hydrogen) atoms. The fraction of sp³-hybridized carbons (Fsp3) is 0.417. The summed E-state index contributed by atoms with van der Waals surface area (Å²) in [5.74, 6) is -0.228. The highest BCUT2D eigenvalue weighted by Crippen LogP contribution is 2.35. The van der Waals surface area contributed by atoms with Crippen LogP contribution in [0.1, 0.15) is 22.3 Å². The number of hydrogen-bond acceptors (Lipinski definition) is 4. The van der Waals surface area contributed by atoms with Crippen LogP contribution in [0.2, 0.25) is 0 Å². The van der Waals surface area contributed by atoms with Gasteiger partial charge < -0.3 is 19.3 Å². The third-order valence-corrected chi connectivity index (χ3v) is 2.45. The molecule has 2 rings (SSSR count). The molecule has 0 spiro atoms. The molecular weight excluding hydrogens is 224 g/mol. The summed E-state index contributed by atoms with van der Waals surface area (Å²) < 4.78 is 15.9. The number of hydrogen-bond donors (Lipinski definition) is 1. The van der Waals surface area contributed by atoms with E-state index in [2.05, 4.69) is 0 Å². The van der Waals surface area contributed by atoms with E-state index in [9.17, 15) is 4.79 Å². The summed E-state index contributed by atoms with van der Waals surface area (Å²) in [4.78, 5) is 11.2. The fourth-order valence-corrected chi connectivity index (χ4v) is 1.74. The van der Waals surface area contributed by atoms with Crippen molar-refractivity contribution in [2.45, 2.75) is 13.0 Å². The smallest absolute Gasteiger partial charge is 0.339 e. The van der Waals surface area contributed by atoms with Crippen LogP contribution in [-0.2, 0) is 11.3 Å². The topological polar surface area (TPSA) is 65.0 Å². The second-order valence-corrected chi connectivity index (χ2v) is 3.76. The quantitative estimate of drug-likeness (QED) is 0.868. The molecule has 1 aliphatic heterocycles. The Morgan fingerprint density at radius 1 is 1.41 bits per heavy atom. The van der Waals surface area contributed by atoms with E-state index in [-0.39, 0.29) is 5.56 Å². The van der Waals surface area contributed by atoms with E-state index in [0.717, 1.165) is 12.0 Å². The van der Waals surface area contributed by atoms with Crippen LogP contribution in [0.5, 0.6) is 11.5 Å². The Hall–Kier alpha value is -1.75. The molecule has 0 atom stereocenters. The molecule has 0 bridgehead atoms. The van der Waals surface area contributed by atoms with Crippen LogP contribution in [0.15, 0.2) is 12.1 Å². The molecule has 1 aliphatic rings. The maximum atomic E-state index is 11.2. The van der Waals surface area contributed by atoms with E-state index >= 15 is 0 Å². The van der Waals surface area contributed by atoms with Crippen molar-refractivity contribution in [2.75, 3.05) is 20.3 Å². The maximum absolute atomic E-state index is 11.2. The maximum Gasteiger partial charge on any atom is 0.339 e. The molecule has 5 nitrogen and oxygen atoms in total. The highest BCUT2D eigenvalue weighted by molar-refractivity contribution is 5.92. The van der Waals surface area contributed by atoms with Crippen molar-refractivity contribution in [2.24, 2.45) is 0 Å². The molecule has 0 amide bonds. The van der Waals surface area contributed by atoms with Crippen molar-refractivity contribution in [3.63, 3.8) is 0 Å². The van der Waals surface area contributed by atoms with E-state index in [1.54, 1.807) is 19.2 Å². The van der Waals surface area contributed by atoms with Crippen LogP contribution in [0.4, 0.5) is 0 Å². The lowest BCUT2D eigenvalue weighted by Gasteiger charge is -2.12. The Morgan fingerprint density at radius 3 is 2.88 bits per heavy atom. The van der Waals surface area contributed by atoms with Gasteiger partial charge in [0.05, 0.1) is 19.8 Å². The van der Waals surface area contributed by atoms with Crippen LogP contribution in [-0.4, -0.2) is 31.4 Å². The number of carboxylic acid groups (broad SMARTS) is 1. The number of ether oxygens (including phenoxy) is 3. The van der Waals surface area contributed by atoms with Gasteiger partial charge in [0.15, 0.2) is 11.5 Å². The Labute approximate surface area is 98.9 Å². The fourth-order valence-electron chi connectivity index (χ4n) is 1.74. The Kier molecular flexibility index (Phi) is 3.49. The molecule has 0 fully saturated rings. The standard InChI is InChI=1S/C12H14O5/c1-15-7-8-5-9(12(13)14)11-10(6-8)16-3-2-4-17-11/h5-6H,2-4,7H2,1H3,(H,13,14). The second kappa shape index (κ2) is 5.05. The van der Waals surface area contributed by atoms with Gasteiger partial charge in [-0.15, -0.1) is 0 Å². The van der Waals surface area contributed by atoms with Gasteiger partial charge in [0.1, 0.15) is 5.56 Å². The summed E-state index contributed by atoms with van der Waals surface area (Å²) >= 11 is 0.